The molecule has 0 fully saturated rings. The normalized spacial score (nSPS) is 10.7. The van der Waals surface area contributed by atoms with Crippen molar-refractivity contribution in [2.24, 2.45) is 0 Å². The van der Waals surface area contributed by atoms with Crippen molar-refractivity contribution in [2.45, 2.75) is 86.0 Å². The molecule has 118 valence electrons. The molecule has 20 heavy (non-hydrogen) atoms. The van der Waals surface area contributed by atoms with E-state index in [-0.39, 0.29) is 26.2 Å². The van der Waals surface area contributed by atoms with Gasteiger partial charge < -0.3 is 11.6 Å². The third kappa shape index (κ3) is 31.2. The van der Waals surface area contributed by atoms with E-state index in [1.165, 1.54) is 44.1 Å². The van der Waals surface area contributed by atoms with Crippen molar-refractivity contribution < 1.29 is 26.2 Å². The summed E-state index contributed by atoms with van der Waals surface area (Å²) in [6.45, 7) is 11.0. The van der Waals surface area contributed by atoms with Gasteiger partial charge >= 0.3 is 26.2 Å². The zero-order chi connectivity index (χ0) is 15.4. The molecule has 1 aliphatic rings. The fourth-order valence-corrected chi connectivity index (χ4v) is 1.40. The fourth-order valence-electron chi connectivity index (χ4n) is 1.40. The molecule has 0 amide bonds. The first-order valence-electron chi connectivity index (χ1n) is 7.79. The van der Waals surface area contributed by atoms with Crippen LogP contribution in [0.5, 0.6) is 0 Å². The summed E-state index contributed by atoms with van der Waals surface area (Å²) in [7, 11) is 0. The van der Waals surface area contributed by atoms with Crippen molar-refractivity contribution in [1.82, 2.24) is 0 Å². The number of hydrogen-bond donors (Lipinski definition) is 0. The fraction of sp³-hybridized carbons (Fsp3) is 0.722. The van der Waals surface area contributed by atoms with Crippen LogP contribution in [0, 0.1) is 12.5 Å². The molecular formula is C18H35ClZr. The Morgan fingerprint density at radius 1 is 0.950 bits per heavy atom. The van der Waals surface area contributed by atoms with E-state index in [4.69, 9.17) is 0 Å². The monoisotopic (exact) mass is 376 g/mol. The molecule has 0 bridgehead atoms. The molecule has 0 N–H and O–H groups in total. The summed E-state index contributed by atoms with van der Waals surface area (Å²) in [6, 6.07) is 0. The van der Waals surface area contributed by atoms with Crippen molar-refractivity contribution >= 4 is 11.6 Å². The summed E-state index contributed by atoms with van der Waals surface area (Å²) < 4.78 is 0. The zero-order valence-electron chi connectivity index (χ0n) is 14.4. The standard InChI is InChI=1S/C7H9.2C5H12.CH2Cl.Zr/c1-2-7-5-3-4-6-7;2*1-3-5-4-2;1-2;/h3,5H,2,4H2,1H3;2*3-5H2,1-2H3;1H2;/q-1;;;-1;+2. The summed E-state index contributed by atoms with van der Waals surface area (Å²) in [6.07, 6.45) is 20.5. The third-order valence-electron chi connectivity index (χ3n) is 2.56. The molecule has 0 spiro atoms. The van der Waals surface area contributed by atoms with Crippen LogP contribution in [0.15, 0.2) is 17.7 Å². The van der Waals surface area contributed by atoms with E-state index in [0.29, 0.717) is 0 Å². The first-order valence-corrected chi connectivity index (χ1v) is 8.32. The van der Waals surface area contributed by atoms with Gasteiger partial charge in [-0.1, -0.05) is 79.6 Å². The van der Waals surface area contributed by atoms with Gasteiger partial charge in [-0.05, 0) is 0 Å². The van der Waals surface area contributed by atoms with Gasteiger partial charge in [0, 0.05) is 0 Å². The number of hydrogen-bond acceptors (Lipinski definition) is 0. The van der Waals surface area contributed by atoms with Crippen LogP contribution in [0.2, 0.25) is 0 Å². The van der Waals surface area contributed by atoms with Crippen LogP contribution in [-0.4, -0.2) is 0 Å². The summed E-state index contributed by atoms with van der Waals surface area (Å²) in [5, 5.41) is 0. The first kappa shape index (κ1) is 28.8. The molecular weight excluding hydrogens is 343 g/mol. The molecule has 0 aromatic heterocycles. The van der Waals surface area contributed by atoms with Gasteiger partial charge in [-0.3, -0.25) is 12.5 Å². The average Bonchev–Trinajstić information content (AvgIpc) is 2.97. The van der Waals surface area contributed by atoms with Gasteiger partial charge in [0.1, 0.15) is 0 Å². The van der Waals surface area contributed by atoms with Crippen LogP contribution in [0.25, 0.3) is 0 Å². The number of rotatable bonds is 5. The van der Waals surface area contributed by atoms with Crippen molar-refractivity contribution in [1.29, 1.82) is 0 Å². The number of unbranched alkanes of at least 4 members (excludes halogenated alkanes) is 4. The Kier molecular flexibility index (Phi) is 45.8. The molecule has 0 aliphatic heterocycles. The average molecular weight is 378 g/mol. The number of halogens is 1. The Hall–Kier alpha value is 0.653. The van der Waals surface area contributed by atoms with E-state index in [0.717, 1.165) is 12.8 Å². The van der Waals surface area contributed by atoms with Crippen LogP contribution >= 0.6 is 11.6 Å². The Balaban J connectivity index is -0.0000000902. The van der Waals surface area contributed by atoms with Crippen molar-refractivity contribution in [3.63, 3.8) is 0 Å². The molecule has 0 radical (unpaired) electrons. The Labute approximate surface area is 153 Å². The largest absolute Gasteiger partial charge is 2.00 e. The zero-order valence-corrected chi connectivity index (χ0v) is 17.6. The molecule has 1 rings (SSSR count). The minimum Gasteiger partial charge on any atom is -0.352 e. The Morgan fingerprint density at radius 3 is 1.45 bits per heavy atom. The van der Waals surface area contributed by atoms with Gasteiger partial charge in [-0.2, -0.15) is 6.08 Å². The smallest absolute Gasteiger partial charge is 0.352 e. The topological polar surface area (TPSA) is 0 Å². The van der Waals surface area contributed by atoms with Crippen LogP contribution in [-0.2, 0) is 26.2 Å². The summed E-state index contributed by atoms with van der Waals surface area (Å²) >= 11 is 4.39. The van der Waals surface area contributed by atoms with Gasteiger partial charge in [0.15, 0.2) is 0 Å². The molecule has 0 saturated carbocycles. The molecule has 0 nitrogen and oxygen atoms in total. The van der Waals surface area contributed by atoms with Gasteiger partial charge in [0.2, 0.25) is 0 Å². The molecule has 1 aliphatic carbocycles. The second-order valence-electron chi connectivity index (χ2n) is 4.37. The summed E-state index contributed by atoms with van der Waals surface area (Å²) in [5.41, 5.74) is 1.36. The molecule has 0 aromatic rings. The van der Waals surface area contributed by atoms with E-state index in [1.54, 1.807) is 0 Å². The maximum absolute atomic E-state index is 4.39. The van der Waals surface area contributed by atoms with Gasteiger partial charge in [-0.25, -0.2) is 11.6 Å². The van der Waals surface area contributed by atoms with Crippen LogP contribution < -0.4 is 0 Å². The van der Waals surface area contributed by atoms with Crippen LogP contribution in [0.4, 0.5) is 0 Å². The Morgan fingerprint density at radius 2 is 1.35 bits per heavy atom. The predicted octanol–water partition coefficient (Wildman–Crippen LogP) is 7.49. The first-order chi connectivity index (χ1) is 9.26. The summed E-state index contributed by atoms with van der Waals surface area (Å²) in [4.78, 5) is 0. The van der Waals surface area contributed by atoms with E-state index >= 15 is 0 Å². The molecule has 0 heterocycles. The van der Waals surface area contributed by atoms with E-state index in [9.17, 15) is 0 Å². The minimum absolute atomic E-state index is 0. The van der Waals surface area contributed by atoms with Gasteiger partial charge in [0.05, 0.1) is 0 Å². The third-order valence-corrected chi connectivity index (χ3v) is 2.56. The Bertz CT molecular complexity index is 176. The quantitative estimate of drug-likeness (QED) is 0.435. The minimum atomic E-state index is 0. The van der Waals surface area contributed by atoms with Crippen LogP contribution in [0.3, 0.4) is 0 Å². The van der Waals surface area contributed by atoms with Gasteiger partial charge in [-0.15, -0.1) is 6.42 Å². The molecule has 0 saturated heterocycles. The van der Waals surface area contributed by atoms with E-state index in [2.05, 4.69) is 70.8 Å². The molecule has 0 atom stereocenters. The summed E-state index contributed by atoms with van der Waals surface area (Å²) in [5.74, 6) is 0. The van der Waals surface area contributed by atoms with E-state index < -0.39 is 0 Å². The van der Waals surface area contributed by atoms with E-state index in [1.807, 2.05) is 0 Å². The maximum Gasteiger partial charge on any atom is 2.00 e. The SMILES string of the molecule is CCC1=[C-]CC=C1.CCCCC.CCCCC.[CH2-]Cl.[Zr+2]. The molecule has 0 aromatic carbocycles. The van der Waals surface area contributed by atoms with Gasteiger partial charge in [0.25, 0.3) is 0 Å². The molecule has 2 heteroatoms. The second kappa shape index (κ2) is 31.8. The van der Waals surface area contributed by atoms with Crippen molar-refractivity contribution in [3.05, 3.63) is 30.2 Å². The molecule has 0 unspecified atom stereocenters. The maximum atomic E-state index is 4.39. The number of allylic oxidation sites excluding steroid dienone is 4. The van der Waals surface area contributed by atoms with Crippen molar-refractivity contribution in [3.8, 4) is 0 Å². The second-order valence-corrected chi connectivity index (χ2v) is 4.37. The van der Waals surface area contributed by atoms with Crippen LogP contribution in [0.1, 0.15) is 86.0 Å². The van der Waals surface area contributed by atoms with Crippen molar-refractivity contribution in [2.75, 3.05) is 0 Å². The predicted molar refractivity (Wildman–Crippen MR) is 92.4 cm³/mol.